The molecular formula is C26H23BF2N2O6S. The zero-order chi connectivity index (χ0) is 27.1. The third-order valence-electron chi connectivity index (χ3n) is 6.57. The van der Waals surface area contributed by atoms with E-state index in [9.17, 15) is 32.4 Å². The zero-order valence-electron chi connectivity index (χ0n) is 20.1. The van der Waals surface area contributed by atoms with Crippen molar-refractivity contribution in [1.82, 2.24) is 5.32 Å². The number of fused-ring (bicyclic) bond motifs is 1. The Morgan fingerprint density at radius 2 is 1.84 bits per heavy atom. The van der Waals surface area contributed by atoms with Gasteiger partial charge in [0.15, 0.2) is 0 Å². The molecule has 1 aliphatic carbocycles. The molecule has 1 heterocycles. The monoisotopic (exact) mass is 540 g/mol. The van der Waals surface area contributed by atoms with E-state index in [0.717, 1.165) is 28.8 Å². The number of anilines is 1. The predicted molar refractivity (Wildman–Crippen MR) is 140 cm³/mol. The van der Waals surface area contributed by atoms with Gasteiger partial charge in [-0.05, 0) is 83.9 Å². The van der Waals surface area contributed by atoms with Crippen LogP contribution in [-0.2, 0) is 17.8 Å². The first-order valence-corrected chi connectivity index (χ1v) is 12.9. The Balaban J connectivity index is 1.64. The maximum absolute atomic E-state index is 14.8. The molecule has 5 rings (SSSR count). The average Bonchev–Trinajstić information content (AvgIpc) is 3.67. The van der Waals surface area contributed by atoms with Gasteiger partial charge < -0.3 is 19.8 Å². The fourth-order valence-electron chi connectivity index (χ4n) is 4.53. The van der Waals surface area contributed by atoms with Crippen LogP contribution < -0.4 is 15.1 Å². The maximum atomic E-state index is 14.8. The van der Waals surface area contributed by atoms with Crippen molar-refractivity contribution in [1.29, 1.82) is 0 Å². The minimum Gasteiger partial charge on any atom is -0.455 e. The molecule has 4 N–H and O–H groups in total. The number of hydrogen-bond acceptors (Lipinski definition) is 5. The molecular weight excluding hydrogens is 517 g/mol. The van der Waals surface area contributed by atoms with E-state index in [1.807, 2.05) is 6.07 Å². The van der Waals surface area contributed by atoms with Crippen LogP contribution in [0.4, 0.5) is 14.5 Å². The summed E-state index contributed by atoms with van der Waals surface area (Å²) in [6.45, 7) is -0.162. The van der Waals surface area contributed by atoms with Crippen LogP contribution in [-0.4, -0.2) is 38.9 Å². The van der Waals surface area contributed by atoms with Crippen molar-refractivity contribution < 1.29 is 36.8 Å². The van der Waals surface area contributed by atoms with E-state index < -0.39 is 30.0 Å². The molecule has 12 heteroatoms. The topological polar surface area (TPSA) is 123 Å². The number of benzene rings is 3. The molecule has 1 fully saturated rings. The number of amides is 1. The highest BCUT2D eigenvalue weighted by Crippen LogP contribution is 2.45. The lowest BCUT2D eigenvalue weighted by Gasteiger charge is -2.22. The minimum atomic E-state index is -2.62. The molecule has 0 aliphatic heterocycles. The van der Waals surface area contributed by atoms with Crippen LogP contribution in [0.3, 0.4) is 0 Å². The van der Waals surface area contributed by atoms with Crippen LogP contribution >= 0.6 is 0 Å². The summed E-state index contributed by atoms with van der Waals surface area (Å²) >= 11 is -2.62. The van der Waals surface area contributed by atoms with Crippen molar-refractivity contribution in [3.63, 3.8) is 0 Å². The second-order valence-electron chi connectivity index (χ2n) is 9.07. The summed E-state index contributed by atoms with van der Waals surface area (Å²) in [5.41, 5.74) is 2.28. The Morgan fingerprint density at radius 3 is 2.42 bits per heavy atom. The second-order valence-corrected chi connectivity index (χ2v) is 9.97. The first-order chi connectivity index (χ1) is 18.2. The van der Waals surface area contributed by atoms with Gasteiger partial charge in [0.1, 0.15) is 23.0 Å². The van der Waals surface area contributed by atoms with Gasteiger partial charge in [-0.25, -0.2) is 13.0 Å². The van der Waals surface area contributed by atoms with Crippen LogP contribution in [0.5, 0.6) is 0 Å². The summed E-state index contributed by atoms with van der Waals surface area (Å²) in [6.07, 6.45) is 1.77. The number of nitrogens with zero attached hydrogens (tertiary/aromatic N) is 1. The fourth-order valence-corrected chi connectivity index (χ4v) is 5.10. The molecule has 38 heavy (non-hydrogen) atoms. The Morgan fingerprint density at radius 1 is 1.13 bits per heavy atom. The van der Waals surface area contributed by atoms with Crippen molar-refractivity contribution in [2.45, 2.75) is 25.3 Å². The van der Waals surface area contributed by atoms with Gasteiger partial charge in [-0.15, -0.1) is 0 Å². The first-order valence-electron chi connectivity index (χ1n) is 11.8. The molecule has 3 aromatic carbocycles. The molecule has 8 nitrogen and oxygen atoms in total. The average molecular weight is 540 g/mol. The zero-order valence-corrected chi connectivity index (χ0v) is 21.0. The molecule has 4 aromatic rings. The smallest absolute Gasteiger partial charge is 0.455 e. The molecule has 1 atom stereocenters. The SMILES string of the molecule is CNC(=O)c1c(-c2ccc(F)cc2)oc2cc(CN(c3ccc(B(O)O)cc3F)S(=O)O)c(C3CC3)cc12. The van der Waals surface area contributed by atoms with Crippen molar-refractivity contribution in [2.75, 3.05) is 11.4 Å². The van der Waals surface area contributed by atoms with Gasteiger partial charge in [0.05, 0.1) is 17.8 Å². The van der Waals surface area contributed by atoms with Crippen LogP contribution in [0.25, 0.3) is 22.3 Å². The third kappa shape index (κ3) is 4.95. The molecule has 0 bridgehead atoms. The highest BCUT2D eigenvalue weighted by atomic mass is 32.2. The number of furan rings is 1. The molecule has 1 unspecified atom stereocenters. The summed E-state index contributed by atoms with van der Waals surface area (Å²) in [4.78, 5) is 12.9. The number of carbonyl (C=O) groups is 1. The summed E-state index contributed by atoms with van der Waals surface area (Å²) in [7, 11) is -0.394. The third-order valence-corrected chi connectivity index (χ3v) is 7.27. The Labute approximate surface area is 219 Å². The van der Waals surface area contributed by atoms with E-state index in [4.69, 9.17) is 4.42 Å². The summed E-state index contributed by atoms with van der Waals surface area (Å²) in [6, 6.07) is 12.4. The Bertz CT molecular complexity index is 1560. The van der Waals surface area contributed by atoms with Gasteiger partial charge >= 0.3 is 7.12 Å². The summed E-state index contributed by atoms with van der Waals surface area (Å²) in [5.74, 6) is -1.31. The standard InChI is InChI=1S/C26H23BF2N2O6S/c1-30-26(32)24-20-12-19(14-2-3-14)16(10-23(20)37-25(24)15-4-7-18(28)8-5-15)13-31(38(35)36)22-9-6-17(27(33)34)11-21(22)29/h4-12,14,33-34H,2-3,13H2,1H3,(H,30,32)(H,35,36). The minimum absolute atomic E-state index is 0.0966. The van der Waals surface area contributed by atoms with Crippen molar-refractivity contribution in [3.8, 4) is 11.3 Å². The van der Waals surface area contributed by atoms with Gasteiger partial charge in [-0.3, -0.25) is 13.7 Å². The van der Waals surface area contributed by atoms with Crippen LogP contribution in [0.1, 0.15) is 40.2 Å². The largest absolute Gasteiger partial charge is 0.488 e. The number of nitrogens with one attached hydrogen (secondary N) is 1. The molecule has 196 valence electrons. The number of hydrogen-bond donors (Lipinski definition) is 4. The lowest BCUT2D eigenvalue weighted by molar-refractivity contribution is 0.0964. The summed E-state index contributed by atoms with van der Waals surface area (Å²) in [5, 5.41) is 21.8. The number of carbonyl (C=O) groups excluding carboxylic acids is 1. The van der Waals surface area contributed by atoms with Gasteiger partial charge in [0.2, 0.25) is 0 Å². The Hall–Kier alpha value is -3.58. The highest BCUT2D eigenvalue weighted by Gasteiger charge is 2.31. The molecule has 1 aliphatic rings. The predicted octanol–water partition coefficient (Wildman–Crippen LogP) is 3.44. The van der Waals surface area contributed by atoms with Gasteiger partial charge in [0, 0.05) is 18.0 Å². The molecule has 1 aromatic heterocycles. The van der Waals surface area contributed by atoms with Crippen molar-refractivity contribution in [3.05, 3.63) is 82.9 Å². The van der Waals surface area contributed by atoms with Gasteiger partial charge in [-0.2, -0.15) is 0 Å². The normalized spacial score (nSPS) is 13.9. The molecule has 0 radical (unpaired) electrons. The van der Waals surface area contributed by atoms with E-state index in [1.54, 1.807) is 6.07 Å². The fraction of sp³-hybridized carbons (Fsp3) is 0.192. The van der Waals surface area contributed by atoms with Crippen molar-refractivity contribution >= 4 is 46.4 Å². The Kier molecular flexibility index (Phi) is 7.06. The molecule has 1 saturated carbocycles. The quantitative estimate of drug-likeness (QED) is 0.201. The lowest BCUT2D eigenvalue weighted by Crippen LogP contribution is -2.32. The number of rotatable bonds is 8. The van der Waals surface area contributed by atoms with E-state index in [2.05, 4.69) is 5.32 Å². The van der Waals surface area contributed by atoms with E-state index in [0.29, 0.717) is 22.1 Å². The highest BCUT2D eigenvalue weighted by molar-refractivity contribution is 7.80. The van der Waals surface area contributed by atoms with E-state index in [1.165, 1.54) is 43.4 Å². The van der Waals surface area contributed by atoms with Gasteiger partial charge in [-0.1, -0.05) is 6.07 Å². The molecule has 0 spiro atoms. The summed E-state index contributed by atoms with van der Waals surface area (Å²) < 4.78 is 57.8. The van der Waals surface area contributed by atoms with Crippen molar-refractivity contribution in [2.24, 2.45) is 0 Å². The van der Waals surface area contributed by atoms with Crippen LogP contribution in [0, 0.1) is 11.6 Å². The molecule has 0 saturated heterocycles. The molecule has 1 amide bonds. The first kappa shape index (κ1) is 26.0. The lowest BCUT2D eigenvalue weighted by atomic mass is 9.80. The number of halogens is 2. The van der Waals surface area contributed by atoms with Crippen LogP contribution in [0.2, 0.25) is 0 Å². The van der Waals surface area contributed by atoms with Crippen LogP contribution in [0.15, 0.2) is 59.0 Å². The second kappa shape index (κ2) is 10.3. The van der Waals surface area contributed by atoms with Gasteiger partial charge in [0.25, 0.3) is 17.2 Å². The van der Waals surface area contributed by atoms with E-state index in [-0.39, 0.29) is 40.8 Å². The maximum Gasteiger partial charge on any atom is 0.488 e. The van der Waals surface area contributed by atoms with E-state index >= 15 is 0 Å².